The number of anilines is 1. The van der Waals surface area contributed by atoms with Crippen LogP contribution in [-0.2, 0) is 18.3 Å². The van der Waals surface area contributed by atoms with Gasteiger partial charge in [-0.1, -0.05) is 28.9 Å². The number of rotatable bonds is 6. The first kappa shape index (κ1) is 23.1. The van der Waals surface area contributed by atoms with Crippen LogP contribution in [0.1, 0.15) is 23.4 Å². The number of hydrogen-bond acceptors (Lipinski definition) is 7. The molecule has 0 radical (unpaired) electrons. The van der Waals surface area contributed by atoms with Crippen molar-refractivity contribution in [2.75, 3.05) is 5.32 Å². The molecule has 0 aliphatic heterocycles. The Morgan fingerprint density at radius 2 is 1.85 bits per heavy atom. The van der Waals surface area contributed by atoms with E-state index in [1.807, 2.05) is 32.0 Å². The lowest BCUT2D eigenvalue weighted by Gasteiger charge is -2.09. The van der Waals surface area contributed by atoms with Crippen LogP contribution in [0.3, 0.4) is 0 Å². The molecule has 2 heterocycles. The number of halogens is 1. The van der Waals surface area contributed by atoms with E-state index >= 15 is 0 Å². The maximum atomic E-state index is 12.6. The van der Waals surface area contributed by atoms with Gasteiger partial charge in [0.25, 0.3) is 5.56 Å². The first-order valence-electron chi connectivity index (χ1n) is 10.4. The molecule has 0 unspecified atom stereocenters. The molecule has 11 heteroatoms. The lowest BCUT2D eigenvalue weighted by molar-refractivity contribution is -0.116. The molecule has 174 valence electrons. The Labute approximate surface area is 198 Å². The predicted molar refractivity (Wildman–Crippen MR) is 126 cm³/mol. The second-order valence-corrected chi connectivity index (χ2v) is 8.13. The van der Waals surface area contributed by atoms with Crippen LogP contribution in [0, 0.1) is 13.8 Å². The van der Waals surface area contributed by atoms with E-state index in [9.17, 15) is 14.4 Å². The van der Waals surface area contributed by atoms with Crippen LogP contribution in [0.15, 0.2) is 56.6 Å². The van der Waals surface area contributed by atoms with Gasteiger partial charge in [-0.3, -0.25) is 14.2 Å². The summed E-state index contributed by atoms with van der Waals surface area (Å²) in [5, 5.41) is 11.3. The van der Waals surface area contributed by atoms with E-state index < -0.39 is 11.2 Å². The van der Waals surface area contributed by atoms with Crippen molar-refractivity contribution in [3.05, 3.63) is 85.3 Å². The summed E-state index contributed by atoms with van der Waals surface area (Å²) in [6.07, 6.45) is 0.269. The van der Waals surface area contributed by atoms with Gasteiger partial charge in [0.15, 0.2) is 5.69 Å². The van der Waals surface area contributed by atoms with Crippen molar-refractivity contribution in [3.8, 4) is 17.2 Å². The predicted octanol–water partition coefficient (Wildman–Crippen LogP) is 2.82. The zero-order chi connectivity index (χ0) is 24.4. The Balaban J connectivity index is 1.54. The number of carbonyl (C=O) groups is 1. The van der Waals surface area contributed by atoms with Gasteiger partial charge in [-0.05, 0) is 55.3 Å². The lowest BCUT2D eigenvalue weighted by atomic mass is 10.1. The van der Waals surface area contributed by atoms with Crippen molar-refractivity contribution in [2.24, 2.45) is 7.05 Å². The smallest absolute Gasteiger partial charge is 0.339 e. The average molecular weight is 481 g/mol. The van der Waals surface area contributed by atoms with Gasteiger partial charge in [0.1, 0.15) is 0 Å². The second kappa shape index (κ2) is 9.44. The topological polar surface area (TPSA) is 125 Å². The Morgan fingerprint density at radius 3 is 2.59 bits per heavy atom. The molecule has 2 aromatic carbocycles. The summed E-state index contributed by atoms with van der Waals surface area (Å²) in [7, 11) is 1.33. The summed E-state index contributed by atoms with van der Waals surface area (Å²) < 4.78 is 7.18. The Hall–Kier alpha value is -4.05. The third-order valence-corrected chi connectivity index (χ3v) is 5.62. The standard InChI is InChI=1S/C23H21ClN6O4/c1-13-5-4-6-17(14(13)2)25-18(31)11-12-19-26-21(28-34-19)20-22(32)29(3)23(33)30(27-20)16-9-7-15(24)8-10-16/h4-10H,11-12H2,1-3H3,(H,25,31). The largest absolute Gasteiger partial charge is 0.351 e. The summed E-state index contributed by atoms with van der Waals surface area (Å²) in [6.45, 7) is 3.91. The van der Waals surface area contributed by atoms with E-state index in [1.165, 1.54) is 7.05 Å². The summed E-state index contributed by atoms with van der Waals surface area (Å²) in [5.74, 6) is -0.119. The Kier molecular flexibility index (Phi) is 6.42. The van der Waals surface area contributed by atoms with Crippen molar-refractivity contribution < 1.29 is 9.32 Å². The Bertz CT molecular complexity index is 1490. The molecule has 34 heavy (non-hydrogen) atoms. The van der Waals surface area contributed by atoms with Crippen molar-refractivity contribution in [1.29, 1.82) is 0 Å². The molecular weight excluding hydrogens is 460 g/mol. The van der Waals surface area contributed by atoms with Gasteiger partial charge in [0, 0.05) is 30.6 Å². The minimum atomic E-state index is -0.671. The van der Waals surface area contributed by atoms with E-state index in [0.29, 0.717) is 10.7 Å². The molecule has 2 aromatic heterocycles. The van der Waals surface area contributed by atoms with Gasteiger partial charge in [0.2, 0.25) is 17.6 Å². The molecule has 4 aromatic rings. The van der Waals surface area contributed by atoms with Crippen LogP contribution in [0.25, 0.3) is 17.2 Å². The van der Waals surface area contributed by atoms with Gasteiger partial charge in [-0.25, -0.2) is 4.79 Å². The van der Waals surface area contributed by atoms with E-state index in [4.69, 9.17) is 16.1 Å². The number of nitrogens with one attached hydrogen (secondary N) is 1. The average Bonchev–Trinajstić information content (AvgIpc) is 3.29. The fraction of sp³-hybridized carbons (Fsp3) is 0.217. The molecule has 0 aliphatic carbocycles. The van der Waals surface area contributed by atoms with Crippen molar-refractivity contribution in [2.45, 2.75) is 26.7 Å². The number of carbonyl (C=O) groups excluding carboxylic acids is 1. The van der Waals surface area contributed by atoms with E-state index in [1.54, 1.807) is 24.3 Å². The van der Waals surface area contributed by atoms with Gasteiger partial charge in [-0.2, -0.15) is 14.8 Å². The molecular formula is C23H21ClN6O4. The van der Waals surface area contributed by atoms with Crippen LogP contribution >= 0.6 is 11.6 Å². The van der Waals surface area contributed by atoms with Crippen molar-refractivity contribution in [3.63, 3.8) is 0 Å². The minimum Gasteiger partial charge on any atom is -0.339 e. The number of aryl methyl sites for hydroxylation is 2. The molecule has 0 spiro atoms. The van der Waals surface area contributed by atoms with Crippen LogP contribution in [0.5, 0.6) is 0 Å². The van der Waals surface area contributed by atoms with Crippen LogP contribution in [0.2, 0.25) is 5.02 Å². The van der Waals surface area contributed by atoms with Gasteiger partial charge in [0.05, 0.1) is 5.69 Å². The first-order chi connectivity index (χ1) is 16.2. The fourth-order valence-electron chi connectivity index (χ4n) is 3.24. The normalized spacial score (nSPS) is 10.9. The highest BCUT2D eigenvalue weighted by molar-refractivity contribution is 6.30. The lowest BCUT2D eigenvalue weighted by Crippen LogP contribution is -2.40. The molecule has 10 nitrogen and oxygen atoms in total. The van der Waals surface area contributed by atoms with Crippen LogP contribution in [-0.4, -0.2) is 30.4 Å². The van der Waals surface area contributed by atoms with E-state index in [0.717, 1.165) is 26.1 Å². The van der Waals surface area contributed by atoms with Gasteiger partial charge >= 0.3 is 5.69 Å². The maximum absolute atomic E-state index is 12.6. The van der Waals surface area contributed by atoms with Crippen LogP contribution in [0.4, 0.5) is 5.69 Å². The highest BCUT2D eigenvalue weighted by atomic mass is 35.5. The third kappa shape index (κ3) is 4.67. The molecule has 4 rings (SSSR count). The highest BCUT2D eigenvalue weighted by Crippen LogP contribution is 2.18. The SMILES string of the molecule is Cc1cccc(NC(=O)CCc2nc(-c3nn(-c4ccc(Cl)cc4)c(=O)n(C)c3=O)no2)c1C. The summed E-state index contributed by atoms with van der Waals surface area (Å²) in [6, 6.07) is 12.1. The number of nitrogens with zero attached hydrogens (tertiary/aromatic N) is 5. The van der Waals surface area contributed by atoms with E-state index in [-0.39, 0.29) is 36.2 Å². The van der Waals surface area contributed by atoms with Crippen molar-refractivity contribution >= 4 is 23.2 Å². The number of amides is 1. The monoisotopic (exact) mass is 480 g/mol. The quantitative estimate of drug-likeness (QED) is 0.449. The molecule has 0 fully saturated rings. The fourth-order valence-corrected chi connectivity index (χ4v) is 3.36. The number of hydrogen-bond donors (Lipinski definition) is 1. The first-order valence-corrected chi connectivity index (χ1v) is 10.8. The zero-order valence-electron chi connectivity index (χ0n) is 18.7. The zero-order valence-corrected chi connectivity index (χ0v) is 19.5. The molecule has 0 atom stereocenters. The summed E-state index contributed by atoms with van der Waals surface area (Å²) in [4.78, 5) is 41.8. The highest BCUT2D eigenvalue weighted by Gasteiger charge is 2.19. The van der Waals surface area contributed by atoms with Gasteiger partial charge < -0.3 is 9.84 Å². The number of aromatic nitrogens is 5. The summed E-state index contributed by atoms with van der Waals surface area (Å²) in [5.41, 5.74) is 1.76. The molecule has 0 bridgehead atoms. The molecule has 0 saturated carbocycles. The second-order valence-electron chi connectivity index (χ2n) is 7.69. The third-order valence-electron chi connectivity index (χ3n) is 5.37. The summed E-state index contributed by atoms with van der Waals surface area (Å²) >= 11 is 5.91. The van der Waals surface area contributed by atoms with Crippen molar-refractivity contribution in [1.82, 2.24) is 24.5 Å². The molecule has 0 aliphatic rings. The van der Waals surface area contributed by atoms with E-state index in [2.05, 4.69) is 20.6 Å². The molecule has 1 N–H and O–H groups in total. The number of benzene rings is 2. The maximum Gasteiger partial charge on any atom is 0.351 e. The van der Waals surface area contributed by atoms with Gasteiger partial charge in [-0.15, -0.1) is 0 Å². The minimum absolute atomic E-state index is 0.0757. The Morgan fingerprint density at radius 1 is 1.12 bits per heavy atom. The molecule has 1 amide bonds. The molecule has 0 saturated heterocycles. The van der Waals surface area contributed by atoms with Crippen LogP contribution < -0.4 is 16.6 Å².